The van der Waals surface area contributed by atoms with Gasteiger partial charge >= 0.3 is 0 Å². The normalized spacial score (nSPS) is 10.9. The van der Waals surface area contributed by atoms with Gasteiger partial charge in [0.05, 0.1) is 5.52 Å². The minimum Gasteiger partial charge on any atom is -0.316 e. The van der Waals surface area contributed by atoms with Gasteiger partial charge in [0.1, 0.15) is 5.82 Å². The molecule has 0 bridgehead atoms. The molecule has 2 nitrogen and oxygen atoms in total. The maximum absolute atomic E-state index is 13.6. The smallest absolute Gasteiger partial charge is 0.123 e. The largest absolute Gasteiger partial charge is 0.316 e. The first-order chi connectivity index (χ1) is 9.78. The van der Waals surface area contributed by atoms with Gasteiger partial charge in [0.25, 0.3) is 0 Å². The molecule has 0 saturated heterocycles. The van der Waals surface area contributed by atoms with E-state index in [1.54, 1.807) is 12.3 Å². The van der Waals surface area contributed by atoms with Crippen molar-refractivity contribution in [1.82, 2.24) is 10.3 Å². The first kappa shape index (κ1) is 12.8. The SMILES string of the molecule is CNCc1ccc(F)cc1-c1ccc2ncccc2c1. The molecule has 0 amide bonds. The van der Waals surface area contributed by atoms with Crippen LogP contribution in [-0.2, 0) is 6.54 Å². The molecule has 0 saturated carbocycles. The van der Waals surface area contributed by atoms with Crippen molar-refractivity contribution in [2.75, 3.05) is 7.05 Å². The molecule has 0 unspecified atom stereocenters. The Hall–Kier alpha value is -2.26. The molecule has 100 valence electrons. The minimum absolute atomic E-state index is 0.217. The molecule has 3 aromatic rings. The van der Waals surface area contributed by atoms with Crippen molar-refractivity contribution in [1.29, 1.82) is 0 Å². The summed E-state index contributed by atoms with van der Waals surface area (Å²) in [6, 6.07) is 14.9. The Bertz CT molecular complexity index is 753. The summed E-state index contributed by atoms with van der Waals surface area (Å²) in [7, 11) is 1.89. The van der Waals surface area contributed by atoms with Gasteiger partial charge in [0.2, 0.25) is 0 Å². The van der Waals surface area contributed by atoms with E-state index in [0.29, 0.717) is 6.54 Å². The fourth-order valence-electron chi connectivity index (χ4n) is 2.41. The van der Waals surface area contributed by atoms with Crippen LogP contribution >= 0.6 is 0 Å². The van der Waals surface area contributed by atoms with Gasteiger partial charge in [-0.05, 0) is 54.1 Å². The van der Waals surface area contributed by atoms with Gasteiger partial charge in [0, 0.05) is 18.1 Å². The zero-order valence-electron chi connectivity index (χ0n) is 11.2. The highest BCUT2D eigenvalue weighted by molar-refractivity contribution is 5.84. The van der Waals surface area contributed by atoms with Gasteiger partial charge in [-0.15, -0.1) is 0 Å². The zero-order chi connectivity index (χ0) is 13.9. The van der Waals surface area contributed by atoms with Crippen LogP contribution in [0.25, 0.3) is 22.0 Å². The number of hydrogen-bond acceptors (Lipinski definition) is 2. The number of hydrogen-bond donors (Lipinski definition) is 1. The molecule has 0 spiro atoms. The van der Waals surface area contributed by atoms with Gasteiger partial charge in [-0.1, -0.05) is 18.2 Å². The predicted molar refractivity (Wildman–Crippen MR) is 79.9 cm³/mol. The van der Waals surface area contributed by atoms with E-state index in [-0.39, 0.29) is 5.82 Å². The van der Waals surface area contributed by atoms with Crippen molar-refractivity contribution in [2.45, 2.75) is 6.54 Å². The Morgan fingerprint density at radius 1 is 1.10 bits per heavy atom. The van der Waals surface area contributed by atoms with E-state index in [9.17, 15) is 4.39 Å². The van der Waals surface area contributed by atoms with Gasteiger partial charge in [-0.2, -0.15) is 0 Å². The Kier molecular flexibility index (Phi) is 3.44. The summed E-state index contributed by atoms with van der Waals surface area (Å²) in [4.78, 5) is 4.31. The van der Waals surface area contributed by atoms with Crippen molar-refractivity contribution in [3.63, 3.8) is 0 Å². The van der Waals surface area contributed by atoms with E-state index in [2.05, 4.69) is 16.4 Å². The second-order valence-electron chi connectivity index (χ2n) is 4.74. The van der Waals surface area contributed by atoms with Crippen molar-refractivity contribution < 1.29 is 4.39 Å². The highest BCUT2D eigenvalue weighted by Crippen LogP contribution is 2.27. The van der Waals surface area contributed by atoms with E-state index in [0.717, 1.165) is 27.6 Å². The van der Waals surface area contributed by atoms with Crippen molar-refractivity contribution in [2.24, 2.45) is 0 Å². The third-order valence-corrected chi connectivity index (χ3v) is 3.35. The first-order valence-electron chi connectivity index (χ1n) is 6.56. The highest BCUT2D eigenvalue weighted by atomic mass is 19.1. The number of rotatable bonds is 3. The lowest BCUT2D eigenvalue weighted by atomic mass is 9.98. The molecule has 1 heterocycles. The number of fused-ring (bicyclic) bond motifs is 1. The van der Waals surface area contributed by atoms with E-state index in [1.165, 1.54) is 6.07 Å². The Balaban J connectivity index is 2.16. The van der Waals surface area contributed by atoms with Crippen molar-refractivity contribution in [3.05, 3.63) is 66.1 Å². The molecule has 3 heteroatoms. The van der Waals surface area contributed by atoms with Crippen LogP contribution in [0.5, 0.6) is 0 Å². The monoisotopic (exact) mass is 266 g/mol. The first-order valence-corrected chi connectivity index (χ1v) is 6.56. The highest BCUT2D eigenvalue weighted by Gasteiger charge is 2.07. The number of halogens is 1. The molecule has 2 aromatic carbocycles. The van der Waals surface area contributed by atoms with Gasteiger partial charge < -0.3 is 5.32 Å². The molecular formula is C17H15FN2. The maximum Gasteiger partial charge on any atom is 0.123 e. The summed E-state index contributed by atoms with van der Waals surface area (Å²) in [6.45, 7) is 0.709. The quantitative estimate of drug-likeness (QED) is 0.780. The van der Waals surface area contributed by atoms with Crippen LogP contribution in [0.4, 0.5) is 4.39 Å². The van der Waals surface area contributed by atoms with Crippen LogP contribution in [-0.4, -0.2) is 12.0 Å². The van der Waals surface area contributed by atoms with Crippen molar-refractivity contribution >= 4 is 10.9 Å². The molecule has 0 aliphatic carbocycles. The standard InChI is InChI=1S/C17H15FN2/c1-19-11-14-4-6-15(18)10-16(14)12-5-7-17-13(9-12)3-2-8-20-17/h2-10,19H,11H2,1H3. The van der Waals surface area contributed by atoms with Gasteiger partial charge in [-0.25, -0.2) is 4.39 Å². The molecule has 20 heavy (non-hydrogen) atoms. The number of nitrogens with one attached hydrogen (secondary N) is 1. The van der Waals surface area contributed by atoms with Crippen LogP contribution in [0, 0.1) is 5.82 Å². The molecule has 0 radical (unpaired) electrons. The number of aromatic nitrogens is 1. The fourth-order valence-corrected chi connectivity index (χ4v) is 2.41. The molecule has 3 rings (SSSR count). The third kappa shape index (κ3) is 2.40. The van der Waals surface area contributed by atoms with Crippen LogP contribution < -0.4 is 5.32 Å². The molecule has 0 atom stereocenters. The van der Waals surface area contributed by atoms with Crippen LogP contribution in [0.2, 0.25) is 0 Å². The maximum atomic E-state index is 13.6. The molecule has 0 aliphatic heterocycles. The summed E-state index contributed by atoms with van der Waals surface area (Å²) < 4.78 is 13.6. The van der Waals surface area contributed by atoms with E-state index >= 15 is 0 Å². The topological polar surface area (TPSA) is 24.9 Å². The van der Waals surface area contributed by atoms with Gasteiger partial charge in [0.15, 0.2) is 0 Å². The fraction of sp³-hybridized carbons (Fsp3) is 0.118. The second-order valence-corrected chi connectivity index (χ2v) is 4.74. The van der Waals surface area contributed by atoms with Crippen molar-refractivity contribution in [3.8, 4) is 11.1 Å². The third-order valence-electron chi connectivity index (χ3n) is 3.35. The Morgan fingerprint density at radius 3 is 2.85 bits per heavy atom. The molecular weight excluding hydrogens is 251 g/mol. The average molecular weight is 266 g/mol. The van der Waals surface area contributed by atoms with Crippen LogP contribution in [0.15, 0.2) is 54.7 Å². The lowest BCUT2D eigenvalue weighted by Gasteiger charge is -2.10. The summed E-state index contributed by atoms with van der Waals surface area (Å²) in [6.07, 6.45) is 1.77. The van der Waals surface area contributed by atoms with Crippen LogP contribution in [0.3, 0.4) is 0 Å². The van der Waals surface area contributed by atoms with Gasteiger partial charge in [-0.3, -0.25) is 4.98 Å². The summed E-state index contributed by atoms with van der Waals surface area (Å²) in [5.41, 5.74) is 3.96. The summed E-state index contributed by atoms with van der Waals surface area (Å²) in [5, 5.41) is 4.18. The number of nitrogens with zero attached hydrogens (tertiary/aromatic N) is 1. The minimum atomic E-state index is -0.217. The number of benzene rings is 2. The Labute approximate surface area is 117 Å². The Morgan fingerprint density at radius 2 is 2.00 bits per heavy atom. The van der Waals surface area contributed by atoms with E-state index in [1.807, 2.05) is 37.4 Å². The van der Waals surface area contributed by atoms with E-state index in [4.69, 9.17) is 0 Å². The lowest BCUT2D eigenvalue weighted by molar-refractivity contribution is 0.627. The number of pyridine rings is 1. The van der Waals surface area contributed by atoms with Crippen LogP contribution in [0.1, 0.15) is 5.56 Å². The second kappa shape index (κ2) is 5.39. The lowest BCUT2D eigenvalue weighted by Crippen LogP contribution is -2.06. The molecule has 0 fully saturated rings. The summed E-state index contributed by atoms with van der Waals surface area (Å²) in [5.74, 6) is -0.217. The molecule has 0 aliphatic rings. The zero-order valence-corrected chi connectivity index (χ0v) is 11.2. The van der Waals surface area contributed by atoms with E-state index < -0.39 is 0 Å². The average Bonchev–Trinajstić information content (AvgIpc) is 2.49. The molecule has 1 N–H and O–H groups in total. The summed E-state index contributed by atoms with van der Waals surface area (Å²) >= 11 is 0. The molecule has 1 aromatic heterocycles. The predicted octanol–water partition coefficient (Wildman–Crippen LogP) is 3.76.